The Balaban J connectivity index is 1.38. The van der Waals surface area contributed by atoms with Gasteiger partial charge in [-0.2, -0.15) is 5.10 Å². The standard InChI is InChI=1S/C20H23N5/c1-3-7-17(8-4-1)24-13-16(14-24)19-21-11-15-12-22-25(20(15)23-19)18-9-5-2-6-10-18/h1,3-4,7-8,11-12,16,18H,2,5-6,9-10,13-14H2. The second kappa shape index (κ2) is 6.14. The Morgan fingerprint density at radius 1 is 0.920 bits per heavy atom. The van der Waals surface area contributed by atoms with Crippen LogP contribution in [0.4, 0.5) is 5.69 Å². The zero-order valence-electron chi connectivity index (χ0n) is 14.4. The van der Waals surface area contributed by atoms with Crippen molar-refractivity contribution in [3.8, 4) is 0 Å². The summed E-state index contributed by atoms with van der Waals surface area (Å²) >= 11 is 0. The molecule has 1 saturated heterocycles. The minimum absolute atomic E-state index is 0.416. The van der Waals surface area contributed by atoms with E-state index in [1.807, 2.05) is 12.4 Å². The molecular formula is C20H23N5. The van der Waals surface area contributed by atoms with Crippen LogP contribution in [0.15, 0.2) is 42.7 Å². The maximum absolute atomic E-state index is 4.92. The number of benzene rings is 1. The first-order valence-electron chi connectivity index (χ1n) is 9.38. The molecule has 1 aliphatic heterocycles. The van der Waals surface area contributed by atoms with Crippen LogP contribution < -0.4 is 4.90 Å². The van der Waals surface area contributed by atoms with Gasteiger partial charge in [0.05, 0.1) is 23.5 Å². The van der Waals surface area contributed by atoms with E-state index in [0.29, 0.717) is 12.0 Å². The molecule has 0 atom stereocenters. The number of nitrogens with zero attached hydrogens (tertiary/aromatic N) is 5. The average Bonchev–Trinajstić information content (AvgIpc) is 3.05. The van der Waals surface area contributed by atoms with Gasteiger partial charge >= 0.3 is 0 Å². The third-order valence-corrected chi connectivity index (χ3v) is 5.64. The first-order chi connectivity index (χ1) is 12.4. The fourth-order valence-electron chi connectivity index (χ4n) is 4.13. The van der Waals surface area contributed by atoms with Crippen molar-refractivity contribution in [1.82, 2.24) is 19.7 Å². The van der Waals surface area contributed by atoms with Gasteiger partial charge in [-0.05, 0) is 25.0 Å². The molecule has 0 radical (unpaired) electrons. The van der Waals surface area contributed by atoms with E-state index >= 15 is 0 Å². The highest BCUT2D eigenvalue weighted by atomic mass is 15.3. The van der Waals surface area contributed by atoms with Gasteiger partial charge in [-0.25, -0.2) is 14.6 Å². The molecule has 25 heavy (non-hydrogen) atoms. The van der Waals surface area contributed by atoms with Crippen LogP contribution in [0.3, 0.4) is 0 Å². The van der Waals surface area contributed by atoms with E-state index in [9.17, 15) is 0 Å². The molecule has 128 valence electrons. The van der Waals surface area contributed by atoms with Crippen LogP contribution >= 0.6 is 0 Å². The lowest BCUT2D eigenvalue weighted by atomic mass is 9.95. The van der Waals surface area contributed by atoms with Gasteiger partial charge in [0.25, 0.3) is 0 Å². The fourth-order valence-corrected chi connectivity index (χ4v) is 4.13. The van der Waals surface area contributed by atoms with Crippen molar-refractivity contribution >= 4 is 16.7 Å². The van der Waals surface area contributed by atoms with E-state index < -0.39 is 0 Å². The number of hydrogen-bond donors (Lipinski definition) is 0. The van der Waals surface area contributed by atoms with Crippen LogP contribution in [0.2, 0.25) is 0 Å². The van der Waals surface area contributed by atoms with Crippen LogP contribution in [0.5, 0.6) is 0 Å². The second-order valence-electron chi connectivity index (χ2n) is 7.33. The van der Waals surface area contributed by atoms with E-state index in [2.05, 4.69) is 50.0 Å². The average molecular weight is 333 g/mol. The monoisotopic (exact) mass is 333 g/mol. The molecule has 5 rings (SSSR count). The molecule has 1 aromatic carbocycles. The van der Waals surface area contributed by atoms with Gasteiger partial charge in [-0.1, -0.05) is 37.5 Å². The summed E-state index contributed by atoms with van der Waals surface area (Å²) in [6.07, 6.45) is 10.3. The Bertz CT molecular complexity index is 860. The molecule has 0 amide bonds. The molecule has 5 heteroatoms. The predicted octanol–water partition coefficient (Wildman–Crippen LogP) is 3.94. The topological polar surface area (TPSA) is 46.8 Å². The van der Waals surface area contributed by atoms with E-state index in [0.717, 1.165) is 29.9 Å². The van der Waals surface area contributed by atoms with Gasteiger partial charge in [-0.15, -0.1) is 0 Å². The van der Waals surface area contributed by atoms with E-state index in [4.69, 9.17) is 4.98 Å². The second-order valence-corrected chi connectivity index (χ2v) is 7.33. The zero-order chi connectivity index (χ0) is 16.6. The van der Waals surface area contributed by atoms with Gasteiger partial charge in [0, 0.05) is 25.0 Å². The summed E-state index contributed by atoms with van der Waals surface area (Å²) in [6, 6.07) is 11.1. The number of rotatable bonds is 3. The van der Waals surface area contributed by atoms with Crippen LogP contribution in [0, 0.1) is 0 Å². The Hall–Kier alpha value is -2.43. The quantitative estimate of drug-likeness (QED) is 0.728. The van der Waals surface area contributed by atoms with Gasteiger partial charge in [-0.3, -0.25) is 0 Å². The van der Waals surface area contributed by atoms with Crippen molar-refractivity contribution in [2.45, 2.75) is 44.1 Å². The Morgan fingerprint density at radius 3 is 2.52 bits per heavy atom. The summed E-state index contributed by atoms with van der Waals surface area (Å²) in [7, 11) is 0. The van der Waals surface area contributed by atoms with Crippen molar-refractivity contribution in [3.63, 3.8) is 0 Å². The minimum Gasteiger partial charge on any atom is -0.370 e. The summed E-state index contributed by atoms with van der Waals surface area (Å²) in [4.78, 5) is 11.9. The fraction of sp³-hybridized carbons (Fsp3) is 0.450. The van der Waals surface area contributed by atoms with Crippen molar-refractivity contribution in [3.05, 3.63) is 48.5 Å². The van der Waals surface area contributed by atoms with Crippen molar-refractivity contribution < 1.29 is 0 Å². The highest BCUT2D eigenvalue weighted by Gasteiger charge is 2.31. The number of anilines is 1. The Morgan fingerprint density at radius 2 is 1.72 bits per heavy atom. The molecular weight excluding hydrogens is 310 g/mol. The summed E-state index contributed by atoms with van der Waals surface area (Å²) < 4.78 is 2.16. The third-order valence-electron chi connectivity index (χ3n) is 5.64. The number of para-hydroxylation sites is 1. The van der Waals surface area contributed by atoms with Crippen LogP contribution in [-0.2, 0) is 0 Å². The van der Waals surface area contributed by atoms with Crippen LogP contribution in [0.25, 0.3) is 11.0 Å². The van der Waals surface area contributed by atoms with E-state index in [1.54, 1.807) is 0 Å². The molecule has 0 bridgehead atoms. The van der Waals surface area contributed by atoms with Gasteiger partial charge in [0.1, 0.15) is 5.82 Å². The lowest BCUT2D eigenvalue weighted by Gasteiger charge is -2.40. The lowest BCUT2D eigenvalue weighted by Crippen LogP contribution is -2.45. The Labute approximate surface area is 147 Å². The Kier molecular flexibility index (Phi) is 3.65. The van der Waals surface area contributed by atoms with Gasteiger partial charge < -0.3 is 4.90 Å². The predicted molar refractivity (Wildman–Crippen MR) is 98.8 cm³/mol. The first-order valence-corrected chi connectivity index (χ1v) is 9.38. The molecule has 2 aromatic heterocycles. The van der Waals surface area contributed by atoms with Crippen molar-refractivity contribution in [2.24, 2.45) is 0 Å². The largest absolute Gasteiger partial charge is 0.370 e. The highest BCUT2D eigenvalue weighted by molar-refractivity contribution is 5.73. The molecule has 2 aliphatic rings. The maximum Gasteiger partial charge on any atom is 0.161 e. The van der Waals surface area contributed by atoms with E-state index in [1.165, 1.54) is 37.8 Å². The molecule has 3 aromatic rings. The molecule has 3 heterocycles. The SMILES string of the molecule is c1ccc(N2CC(c3ncc4cnn(C5CCCCC5)c4n3)C2)cc1. The molecule has 0 spiro atoms. The number of aromatic nitrogens is 4. The summed E-state index contributed by atoms with van der Waals surface area (Å²) in [5.74, 6) is 1.39. The minimum atomic E-state index is 0.416. The summed E-state index contributed by atoms with van der Waals surface area (Å²) in [6.45, 7) is 1.99. The summed E-state index contributed by atoms with van der Waals surface area (Å²) in [5, 5.41) is 5.69. The van der Waals surface area contributed by atoms with Gasteiger partial charge in [0.15, 0.2) is 5.65 Å². The van der Waals surface area contributed by atoms with Gasteiger partial charge in [0.2, 0.25) is 0 Å². The molecule has 0 unspecified atom stereocenters. The smallest absolute Gasteiger partial charge is 0.161 e. The first kappa shape index (κ1) is 14.9. The normalized spacial score (nSPS) is 19.3. The molecule has 1 saturated carbocycles. The van der Waals surface area contributed by atoms with Crippen molar-refractivity contribution in [1.29, 1.82) is 0 Å². The number of hydrogen-bond acceptors (Lipinski definition) is 4. The molecule has 5 nitrogen and oxygen atoms in total. The summed E-state index contributed by atoms with van der Waals surface area (Å²) in [5.41, 5.74) is 2.31. The molecule has 0 N–H and O–H groups in total. The van der Waals surface area contributed by atoms with Crippen LogP contribution in [0.1, 0.15) is 49.9 Å². The van der Waals surface area contributed by atoms with E-state index in [-0.39, 0.29) is 0 Å². The highest BCUT2D eigenvalue weighted by Crippen LogP contribution is 2.32. The maximum atomic E-state index is 4.92. The molecule has 2 fully saturated rings. The third kappa shape index (κ3) is 2.68. The molecule has 1 aliphatic carbocycles. The van der Waals surface area contributed by atoms with Crippen molar-refractivity contribution in [2.75, 3.05) is 18.0 Å². The lowest BCUT2D eigenvalue weighted by molar-refractivity contribution is 0.335. The zero-order valence-corrected chi connectivity index (χ0v) is 14.4. The van der Waals surface area contributed by atoms with Crippen LogP contribution in [-0.4, -0.2) is 32.8 Å². The number of fused-ring (bicyclic) bond motifs is 1.